The summed E-state index contributed by atoms with van der Waals surface area (Å²) in [5.41, 5.74) is 3.99. The average molecular weight is 404 g/mol. The van der Waals surface area contributed by atoms with E-state index < -0.39 is 5.97 Å². The summed E-state index contributed by atoms with van der Waals surface area (Å²) in [5, 5.41) is 2.79. The largest absolute Gasteiger partial charge is 0.465 e. The van der Waals surface area contributed by atoms with Crippen molar-refractivity contribution in [1.82, 2.24) is 0 Å². The molecule has 3 aromatic rings. The first-order valence-electron chi connectivity index (χ1n) is 9.46. The fourth-order valence-corrected chi connectivity index (χ4v) is 3.49. The molecule has 0 saturated carbocycles. The third-order valence-electron chi connectivity index (χ3n) is 5.12. The summed E-state index contributed by atoms with van der Waals surface area (Å²) in [5.74, 6) is -0.762. The molecule has 2 amide bonds. The van der Waals surface area contributed by atoms with Crippen LogP contribution in [0.1, 0.15) is 42.4 Å². The Morgan fingerprint density at radius 2 is 1.87 bits per heavy atom. The molecule has 1 aromatic heterocycles. The minimum atomic E-state index is -0.405. The summed E-state index contributed by atoms with van der Waals surface area (Å²) in [4.78, 5) is 38.9. The average Bonchev–Trinajstić information content (AvgIpc) is 3.44. The Labute approximate surface area is 173 Å². The van der Waals surface area contributed by atoms with Gasteiger partial charge in [0.2, 0.25) is 0 Å². The van der Waals surface area contributed by atoms with Gasteiger partial charge in [0.05, 0.1) is 18.9 Å². The maximum absolute atomic E-state index is 13.2. The predicted molar refractivity (Wildman–Crippen MR) is 111 cm³/mol. The first kappa shape index (κ1) is 19.4. The lowest BCUT2D eigenvalue weighted by Gasteiger charge is -2.18. The molecule has 0 unspecified atom stereocenters. The van der Waals surface area contributed by atoms with Gasteiger partial charge in [0, 0.05) is 23.5 Å². The van der Waals surface area contributed by atoms with Crippen LogP contribution in [0.5, 0.6) is 0 Å². The van der Waals surface area contributed by atoms with E-state index in [1.54, 1.807) is 53.4 Å². The van der Waals surface area contributed by atoms with E-state index in [0.29, 0.717) is 29.8 Å². The van der Waals surface area contributed by atoms with Crippen LogP contribution in [0.3, 0.4) is 0 Å². The molecule has 1 aliphatic rings. The van der Waals surface area contributed by atoms with E-state index in [1.807, 2.05) is 6.92 Å². The standard InChI is InChI=1S/C23H20N2O5/c1-14-5-6-16(13-18(14)24-21(26)20-4-3-11-30-20)22(27)25-10-9-15-12-17(23(28)29-2)7-8-19(15)25/h3-8,11-13H,9-10H2,1-2H3,(H,24,26). The van der Waals surface area contributed by atoms with Gasteiger partial charge in [0.15, 0.2) is 5.76 Å². The zero-order valence-corrected chi connectivity index (χ0v) is 16.6. The number of esters is 1. The van der Waals surface area contributed by atoms with E-state index in [9.17, 15) is 14.4 Å². The van der Waals surface area contributed by atoms with Crippen LogP contribution in [-0.4, -0.2) is 31.4 Å². The van der Waals surface area contributed by atoms with Gasteiger partial charge in [0.1, 0.15) is 0 Å². The van der Waals surface area contributed by atoms with Gasteiger partial charge in [-0.05, 0) is 66.9 Å². The fourth-order valence-electron chi connectivity index (χ4n) is 3.49. The maximum atomic E-state index is 13.2. The number of nitrogens with one attached hydrogen (secondary N) is 1. The monoisotopic (exact) mass is 404 g/mol. The third kappa shape index (κ3) is 3.57. The molecule has 0 atom stereocenters. The van der Waals surface area contributed by atoms with Crippen LogP contribution in [0.2, 0.25) is 0 Å². The molecule has 7 heteroatoms. The minimum absolute atomic E-state index is 0.173. The van der Waals surface area contributed by atoms with Gasteiger partial charge >= 0.3 is 5.97 Å². The molecule has 1 aliphatic heterocycles. The number of benzene rings is 2. The lowest BCUT2D eigenvalue weighted by atomic mass is 10.1. The molecule has 0 saturated heterocycles. The molecule has 1 N–H and O–H groups in total. The number of anilines is 2. The number of hydrogen-bond acceptors (Lipinski definition) is 5. The topological polar surface area (TPSA) is 88.9 Å². The summed E-state index contributed by atoms with van der Waals surface area (Å²) < 4.78 is 9.88. The second-order valence-corrected chi connectivity index (χ2v) is 7.00. The molecule has 2 aromatic carbocycles. The summed E-state index contributed by atoms with van der Waals surface area (Å²) in [6.45, 7) is 2.37. The third-order valence-corrected chi connectivity index (χ3v) is 5.12. The van der Waals surface area contributed by atoms with Crippen LogP contribution < -0.4 is 10.2 Å². The number of aryl methyl sites for hydroxylation is 1. The van der Waals surface area contributed by atoms with Crippen LogP contribution in [0, 0.1) is 6.92 Å². The van der Waals surface area contributed by atoms with E-state index >= 15 is 0 Å². The van der Waals surface area contributed by atoms with Crippen LogP contribution in [0.25, 0.3) is 0 Å². The summed E-state index contributed by atoms with van der Waals surface area (Å²) in [6.07, 6.45) is 2.08. The fraction of sp³-hybridized carbons (Fsp3) is 0.174. The number of rotatable bonds is 4. The van der Waals surface area contributed by atoms with E-state index in [4.69, 9.17) is 9.15 Å². The van der Waals surface area contributed by atoms with Gasteiger partial charge in [-0.2, -0.15) is 0 Å². The molecule has 0 bridgehead atoms. The van der Waals surface area contributed by atoms with Crippen LogP contribution in [-0.2, 0) is 11.2 Å². The van der Waals surface area contributed by atoms with Crippen molar-refractivity contribution < 1.29 is 23.5 Å². The summed E-state index contributed by atoms with van der Waals surface area (Å²) >= 11 is 0. The molecule has 7 nitrogen and oxygen atoms in total. The molecule has 0 aliphatic carbocycles. The van der Waals surface area contributed by atoms with Gasteiger partial charge in [-0.3, -0.25) is 9.59 Å². The molecule has 0 radical (unpaired) electrons. The first-order valence-corrected chi connectivity index (χ1v) is 9.46. The first-order chi connectivity index (χ1) is 14.5. The molecular weight excluding hydrogens is 384 g/mol. The number of fused-ring (bicyclic) bond motifs is 1. The Morgan fingerprint density at radius 3 is 2.60 bits per heavy atom. The van der Waals surface area contributed by atoms with Crippen LogP contribution in [0.15, 0.2) is 59.2 Å². The molecular formula is C23H20N2O5. The van der Waals surface area contributed by atoms with Crippen molar-refractivity contribution in [3.05, 3.63) is 82.8 Å². The van der Waals surface area contributed by atoms with Crippen molar-refractivity contribution in [3.8, 4) is 0 Å². The molecule has 152 valence electrons. The number of amides is 2. The molecule has 30 heavy (non-hydrogen) atoms. The molecule has 4 rings (SSSR count). The quantitative estimate of drug-likeness (QED) is 0.668. The van der Waals surface area contributed by atoms with E-state index in [1.165, 1.54) is 13.4 Å². The lowest BCUT2D eigenvalue weighted by Crippen LogP contribution is -2.29. The van der Waals surface area contributed by atoms with Crippen molar-refractivity contribution in [1.29, 1.82) is 0 Å². The van der Waals surface area contributed by atoms with Crippen LogP contribution >= 0.6 is 0 Å². The number of hydrogen-bond donors (Lipinski definition) is 1. The van der Waals surface area contributed by atoms with Crippen molar-refractivity contribution in [3.63, 3.8) is 0 Å². The Morgan fingerprint density at radius 1 is 1.07 bits per heavy atom. The lowest BCUT2D eigenvalue weighted by molar-refractivity contribution is 0.0600. The van der Waals surface area contributed by atoms with Gasteiger partial charge in [0.25, 0.3) is 11.8 Å². The summed E-state index contributed by atoms with van der Waals surface area (Å²) in [7, 11) is 1.34. The highest BCUT2D eigenvalue weighted by molar-refractivity contribution is 6.09. The van der Waals surface area contributed by atoms with Crippen molar-refractivity contribution in [2.24, 2.45) is 0 Å². The SMILES string of the molecule is COC(=O)c1ccc2c(c1)CCN2C(=O)c1ccc(C)c(NC(=O)c2ccco2)c1. The summed E-state index contributed by atoms with van der Waals surface area (Å²) in [6, 6.07) is 13.6. The van der Waals surface area contributed by atoms with E-state index in [0.717, 1.165) is 16.8 Å². The number of furan rings is 1. The highest BCUT2D eigenvalue weighted by Gasteiger charge is 2.27. The Kier molecular flexibility index (Phi) is 5.10. The molecule has 0 fully saturated rings. The second kappa shape index (κ2) is 7.87. The molecule has 2 heterocycles. The second-order valence-electron chi connectivity index (χ2n) is 7.00. The highest BCUT2D eigenvalue weighted by atomic mass is 16.5. The molecule has 0 spiro atoms. The highest BCUT2D eigenvalue weighted by Crippen LogP contribution is 2.31. The number of ether oxygens (including phenoxy) is 1. The number of carbonyl (C=O) groups excluding carboxylic acids is 3. The number of methoxy groups -OCH3 is 1. The Balaban J connectivity index is 1.58. The number of nitrogens with zero attached hydrogens (tertiary/aromatic N) is 1. The van der Waals surface area contributed by atoms with Gasteiger partial charge in [-0.15, -0.1) is 0 Å². The van der Waals surface area contributed by atoms with Gasteiger partial charge in [-0.1, -0.05) is 6.07 Å². The smallest absolute Gasteiger partial charge is 0.337 e. The van der Waals surface area contributed by atoms with Gasteiger partial charge in [-0.25, -0.2) is 4.79 Å². The van der Waals surface area contributed by atoms with Crippen molar-refractivity contribution in [2.45, 2.75) is 13.3 Å². The Hall–Kier alpha value is -3.87. The number of carbonyl (C=O) groups is 3. The van der Waals surface area contributed by atoms with Crippen molar-refractivity contribution in [2.75, 3.05) is 23.9 Å². The van der Waals surface area contributed by atoms with Crippen LogP contribution in [0.4, 0.5) is 11.4 Å². The zero-order chi connectivity index (χ0) is 21.3. The van der Waals surface area contributed by atoms with Gasteiger partial charge < -0.3 is 19.4 Å². The van der Waals surface area contributed by atoms with Crippen molar-refractivity contribution >= 4 is 29.2 Å². The van der Waals surface area contributed by atoms with E-state index in [-0.39, 0.29) is 17.6 Å². The minimum Gasteiger partial charge on any atom is -0.465 e. The normalized spacial score (nSPS) is 12.4. The maximum Gasteiger partial charge on any atom is 0.337 e. The Bertz CT molecular complexity index is 1130. The zero-order valence-electron chi connectivity index (χ0n) is 16.6. The predicted octanol–water partition coefficient (Wildman–Crippen LogP) is 3.83. The van der Waals surface area contributed by atoms with E-state index in [2.05, 4.69) is 5.32 Å².